The highest BCUT2D eigenvalue weighted by Crippen LogP contribution is 2.33. The van der Waals surface area contributed by atoms with Crippen molar-refractivity contribution in [2.45, 2.75) is 11.3 Å². The zero-order valence-corrected chi connectivity index (χ0v) is 12.8. The summed E-state index contributed by atoms with van der Waals surface area (Å²) in [6, 6.07) is 20.6. The van der Waals surface area contributed by atoms with Gasteiger partial charge in [-0.2, -0.15) is 0 Å². The lowest BCUT2D eigenvalue weighted by Crippen LogP contribution is -2.55. The highest BCUT2D eigenvalue weighted by molar-refractivity contribution is 7.91. The van der Waals surface area contributed by atoms with E-state index in [0.29, 0.717) is 13.1 Å². The van der Waals surface area contributed by atoms with Gasteiger partial charge in [0.1, 0.15) is 0 Å². The van der Waals surface area contributed by atoms with Crippen molar-refractivity contribution < 1.29 is 8.42 Å². The summed E-state index contributed by atoms with van der Waals surface area (Å²) in [6.07, 6.45) is 1.33. The van der Waals surface area contributed by atoms with Crippen molar-refractivity contribution >= 4 is 9.84 Å². The van der Waals surface area contributed by atoms with Gasteiger partial charge in [0, 0.05) is 19.3 Å². The molecule has 21 heavy (non-hydrogen) atoms. The van der Waals surface area contributed by atoms with Gasteiger partial charge >= 0.3 is 0 Å². The highest BCUT2D eigenvalue weighted by atomic mass is 32.2. The van der Waals surface area contributed by atoms with E-state index in [-0.39, 0.29) is 11.3 Å². The molecule has 1 aliphatic heterocycles. The summed E-state index contributed by atoms with van der Waals surface area (Å²) in [7, 11) is -2.94. The summed E-state index contributed by atoms with van der Waals surface area (Å²) in [5.41, 5.74) is 2.41. The van der Waals surface area contributed by atoms with Gasteiger partial charge in [0.15, 0.2) is 9.84 Å². The maximum Gasteiger partial charge on any atom is 0.152 e. The van der Waals surface area contributed by atoms with Crippen LogP contribution in [-0.4, -0.2) is 37.9 Å². The van der Waals surface area contributed by atoms with Crippen LogP contribution in [0.1, 0.15) is 17.2 Å². The molecule has 0 aromatic heterocycles. The second-order valence-corrected chi connectivity index (χ2v) is 7.96. The zero-order valence-electron chi connectivity index (χ0n) is 12.0. The van der Waals surface area contributed by atoms with E-state index in [2.05, 4.69) is 29.2 Å². The molecule has 110 valence electrons. The molecule has 3 rings (SSSR count). The summed E-state index contributed by atoms with van der Waals surface area (Å²) in [6.45, 7) is 1.21. The molecule has 0 saturated carbocycles. The second-order valence-electron chi connectivity index (χ2n) is 5.63. The highest BCUT2D eigenvalue weighted by Gasteiger charge is 2.39. The largest absolute Gasteiger partial charge is 0.290 e. The first kappa shape index (κ1) is 14.3. The molecule has 4 heteroatoms. The van der Waals surface area contributed by atoms with Gasteiger partial charge < -0.3 is 0 Å². The van der Waals surface area contributed by atoms with Crippen molar-refractivity contribution in [2.75, 3.05) is 19.3 Å². The number of sulfone groups is 1. The van der Waals surface area contributed by atoms with Crippen LogP contribution in [-0.2, 0) is 9.84 Å². The van der Waals surface area contributed by atoms with Crippen molar-refractivity contribution in [3.05, 3.63) is 71.8 Å². The van der Waals surface area contributed by atoms with Crippen LogP contribution in [0.3, 0.4) is 0 Å². The lowest BCUT2D eigenvalue weighted by Gasteiger charge is -2.43. The third kappa shape index (κ3) is 3.01. The van der Waals surface area contributed by atoms with Crippen LogP contribution in [0.5, 0.6) is 0 Å². The van der Waals surface area contributed by atoms with Crippen molar-refractivity contribution in [2.24, 2.45) is 0 Å². The maximum absolute atomic E-state index is 11.6. The molecule has 1 aliphatic rings. The summed E-state index contributed by atoms with van der Waals surface area (Å²) in [5, 5.41) is -0.229. The van der Waals surface area contributed by atoms with E-state index in [1.54, 1.807) is 0 Å². The average Bonchev–Trinajstić information content (AvgIpc) is 2.42. The number of benzene rings is 2. The topological polar surface area (TPSA) is 37.4 Å². The van der Waals surface area contributed by atoms with E-state index >= 15 is 0 Å². The van der Waals surface area contributed by atoms with Gasteiger partial charge in [-0.3, -0.25) is 4.90 Å². The number of hydrogen-bond donors (Lipinski definition) is 0. The SMILES string of the molecule is CS(=O)(=O)C1CN(C(c2ccccc2)c2ccccc2)C1. The molecule has 0 N–H and O–H groups in total. The summed E-state index contributed by atoms with van der Waals surface area (Å²) >= 11 is 0. The first-order valence-corrected chi connectivity index (χ1v) is 9.04. The number of likely N-dealkylation sites (tertiary alicyclic amines) is 1. The van der Waals surface area contributed by atoms with Gasteiger partial charge in [0.05, 0.1) is 11.3 Å². The molecule has 2 aromatic carbocycles. The van der Waals surface area contributed by atoms with Gasteiger partial charge in [0.2, 0.25) is 0 Å². The molecular formula is C17H19NO2S. The first-order chi connectivity index (χ1) is 10.1. The van der Waals surface area contributed by atoms with Gasteiger partial charge in [0.25, 0.3) is 0 Å². The Kier molecular flexibility index (Phi) is 3.83. The third-order valence-electron chi connectivity index (χ3n) is 4.08. The summed E-state index contributed by atoms with van der Waals surface area (Å²) in [5.74, 6) is 0. The molecule has 0 unspecified atom stereocenters. The van der Waals surface area contributed by atoms with E-state index in [9.17, 15) is 8.42 Å². The Labute approximate surface area is 126 Å². The van der Waals surface area contributed by atoms with Crippen LogP contribution < -0.4 is 0 Å². The summed E-state index contributed by atoms with van der Waals surface area (Å²) in [4.78, 5) is 2.23. The molecule has 3 nitrogen and oxygen atoms in total. The quantitative estimate of drug-likeness (QED) is 0.871. The van der Waals surface area contributed by atoms with Crippen molar-refractivity contribution in [3.8, 4) is 0 Å². The second kappa shape index (κ2) is 5.62. The van der Waals surface area contributed by atoms with Gasteiger partial charge in [-0.15, -0.1) is 0 Å². The predicted octanol–water partition coefficient (Wildman–Crippen LogP) is 2.50. The van der Waals surface area contributed by atoms with Crippen molar-refractivity contribution in [3.63, 3.8) is 0 Å². The third-order valence-corrected chi connectivity index (χ3v) is 5.59. The zero-order chi connectivity index (χ0) is 14.9. The van der Waals surface area contributed by atoms with Gasteiger partial charge in [-0.05, 0) is 11.1 Å². The fourth-order valence-electron chi connectivity index (χ4n) is 2.84. The minimum Gasteiger partial charge on any atom is -0.290 e. The molecule has 0 bridgehead atoms. The molecule has 2 aromatic rings. The summed E-state index contributed by atoms with van der Waals surface area (Å²) < 4.78 is 23.3. The number of nitrogens with zero attached hydrogens (tertiary/aromatic N) is 1. The fourth-order valence-corrected chi connectivity index (χ4v) is 3.76. The van der Waals surface area contributed by atoms with Crippen LogP contribution in [0.4, 0.5) is 0 Å². The van der Waals surface area contributed by atoms with Crippen LogP contribution >= 0.6 is 0 Å². The van der Waals surface area contributed by atoms with Crippen molar-refractivity contribution in [1.82, 2.24) is 4.90 Å². The molecule has 0 spiro atoms. The Bertz CT molecular complexity index is 653. The predicted molar refractivity (Wildman–Crippen MR) is 84.9 cm³/mol. The average molecular weight is 301 g/mol. The molecule has 1 heterocycles. The van der Waals surface area contributed by atoms with E-state index in [0.717, 1.165) is 0 Å². The number of rotatable bonds is 4. The van der Waals surface area contributed by atoms with E-state index in [1.807, 2.05) is 36.4 Å². The fraction of sp³-hybridized carbons (Fsp3) is 0.294. The molecule has 1 fully saturated rings. The Balaban J connectivity index is 1.89. The van der Waals surface area contributed by atoms with Crippen LogP contribution in [0, 0.1) is 0 Å². The molecule has 1 saturated heterocycles. The van der Waals surface area contributed by atoms with Crippen molar-refractivity contribution in [1.29, 1.82) is 0 Å². The Morgan fingerprint density at radius 2 is 1.33 bits per heavy atom. The molecular weight excluding hydrogens is 282 g/mol. The van der Waals surface area contributed by atoms with Gasteiger partial charge in [-0.25, -0.2) is 8.42 Å². The molecule has 0 aliphatic carbocycles. The standard InChI is InChI=1S/C17H19NO2S/c1-21(19,20)16-12-18(13-16)17(14-8-4-2-5-9-14)15-10-6-3-7-11-15/h2-11,16-17H,12-13H2,1H3. The van der Waals surface area contributed by atoms with Crippen LogP contribution in [0.15, 0.2) is 60.7 Å². The minimum absolute atomic E-state index is 0.130. The van der Waals surface area contributed by atoms with Gasteiger partial charge in [-0.1, -0.05) is 60.7 Å². The minimum atomic E-state index is -2.94. The maximum atomic E-state index is 11.6. The number of hydrogen-bond acceptors (Lipinski definition) is 3. The normalized spacial score (nSPS) is 16.9. The Morgan fingerprint density at radius 1 is 0.905 bits per heavy atom. The molecule has 0 radical (unpaired) electrons. The first-order valence-electron chi connectivity index (χ1n) is 7.08. The molecule has 0 atom stereocenters. The van der Waals surface area contributed by atoms with E-state index in [1.165, 1.54) is 17.4 Å². The van der Waals surface area contributed by atoms with Crippen LogP contribution in [0.2, 0.25) is 0 Å². The van der Waals surface area contributed by atoms with E-state index < -0.39 is 9.84 Å². The smallest absolute Gasteiger partial charge is 0.152 e. The van der Waals surface area contributed by atoms with Crippen LogP contribution in [0.25, 0.3) is 0 Å². The monoisotopic (exact) mass is 301 g/mol. The Hall–Kier alpha value is -1.65. The molecule has 0 amide bonds. The lowest BCUT2D eigenvalue weighted by molar-refractivity contribution is 0.144. The Morgan fingerprint density at radius 3 is 1.71 bits per heavy atom. The van der Waals surface area contributed by atoms with E-state index in [4.69, 9.17) is 0 Å². The lowest BCUT2D eigenvalue weighted by atomic mass is 9.94.